The van der Waals surface area contributed by atoms with E-state index in [1.807, 2.05) is 24.9 Å². The fourth-order valence-electron chi connectivity index (χ4n) is 1.68. The lowest BCUT2D eigenvalue weighted by atomic mass is 10.2. The number of hydrogen-bond donors (Lipinski definition) is 1. The van der Waals surface area contributed by atoms with Crippen molar-refractivity contribution in [3.05, 3.63) is 23.7 Å². The molecule has 1 heterocycles. The molecular weight excluding hydrogens is 262 g/mol. The van der Waals surface area contributed by atoms with Crippen molar-refractivity contribution in [1.29, 1.82) is 0 Å². The van der Waals surface area contributed by atoms with Gasteiger partial charge < -0.3 is 15.1 Å². The smallest absolute Gasteiger partial charge is 0.236 e. The average molecular weight is 283 g/mol. The Morgan fingerprint density at radius 3 is 2.68 bits per heavy atom. The number of carbonyl (C=O) groups excluding carboxylic acids is 1. The van der Waals surface area contributed by atoms with Gasteiger partial charge in [0.2, 0.25) is 5.91 Å². The number of nitrogens with two attached hydrogens (primary N) is 1. The highest BCUT2D eigenvalue weighted by molar-refractivity contribution is 7.80. The summed E-state index contributed by atoms with van der Waals surface area (Å²) >= 11 is 4.80. The monoisotopic (exact) mass is 283 g/mol. The van der Waals surface area contributed by atoms with E-state index in [0.717, 1.165) is 11.3 Å². The molecule has 19 heavy (non-hydrogen) atoms. The predicted molar refractivity (Wildman–Crippen MR) is 78.8 cm³/mol. The van der Waals surface area contributed by atoms with Crippen LogP contribution in [0.1, 0.15) is 17.7 Å². The number of likely N-dealkylation sites (N-methyl/N-ethyl adjacent to an activating group) is 2. The Balaban J connectivity index is 2.39. The average Bonchev–Trinajstić information content (AvgIpc) is 2.71. The Morgan fingerprint density at radius 1 is 1.47 bits per heavy atom. The van der Waals surface area contributed by atoms with Crippen LogP contribution in [-0.4, -0.2) is 47.9 Å². The van der Waals surface area contributed by atoms with Crippen molar-refractivity contribution in [2.75, 3.05) is 27.2 Å². The highest BCUT2D eigenvalue weighted by Crippen LogP contribution is 2.10. The van der Waals surface area contributed by atoms with E-state index in [-0.39, 0.29) is 5.91 Å². The minimum Gasteiger partial charge on any atom is -0.469 e. The van der Waals surface area contributed by atoms with Crippen LogP contribution in [0.2, 0.25) is 0 Å². The van der Waals surface area contributed by atoms with Gasteiger partial charge in [0, 0.05) is 32.1 Å². The summed E-state index contributed by atoms with van der Waals surface area (Å²) in [5, 5.41) is 0. The molecule has 0 atom stereocenters. The standard InChI is InChI=1S/C13H21N3O2S/c1-10-11(5-7-18-10)8-15(2)9-13(17)16(3)6-4-12(14)19/h5,7H,4,6,8-9H2,1-3H3,(H2,14,19). The van der Waals surface area contributed by atoms with E-state index in [0.29, 0.717) is 31.0 Å². The minimum atomic E-state index is 0.0555. The van der Waals surface area contributed by atoms with E-state index in [1.54, 1.807) is 18.2 Å². The van der Waals surface area contributed by atoms with Crippen LogP contribution in [0.4, 0.5) is 0 Å². The maximum Gasteiger partial charge on any atom is 0.236 e. The molecule has 0 bridgehead atoms. The first-order valence-corrected chi connectivity index (χ1v) is 6.54. The molecule has 6 heteroatoms. The number of thiocarbonyl (C=S) groups is 1. The van der Waals surface area contributed by atoms with Crippen molar-refractivity contribution in [2.24, 2.45) is 5.73 Å². The fraction of sp³-hybridized carbons (Fsp3) is 0.538. The number of aryl methyl sites for hydroxylation is 1. The second-order valence-electron chi connectivity index (χ2n) is 4.71. The zero-order valence-corrected chi connectivity index (χ0v) is 12.5. The van der Waals surface area contributed by atoms with Gasteiger partial charge in [-0.05, 0) is 20.0 Å². The Hall–Kier alpha value is -1.40. The lowest BCUT2D eigenvalue weighted by Crippen LogP contribution is -2.37. The molecule has 2 N–H and O–H groups in total. The second kappa shape index (κ2) is 7.25. The maximum absolute atomic E-state index is 12.0. The van der Waals surface area contributed by atoms with Gasteiger partial charge in [-0.15, -0.1) is 0 Å². The third kappa shape index (κ3) is 5.40. The summed E-state index contributed by atoms with van der Waals surface area (Å²) in [5.41, 5.74) is 6.52. The third-order valence-corrected chi connectivity index (χ3v) is 3.14. The van der Waals surface area contributed by atoms with Crippen LogP contribution in [0.15, 0.2) is 16.7 Å². The zero-order chi connectivity index (χ0) is 14.4. The van der Waals surface area contributed by atoms with Gasteiger partial charge in [0.15, 0.2) is 0 Å². The molecule has 0 aliphatic rings. The SMILES string of the molecule is Cc1occc1CN(C)CC(=O)N(C)CCC(N)=S. The van der Waals surface area contributed by atoms with Gasteiger partial charge in [-0.1, -0.05) is 12.2 Å². The summed E-state index contributed by atoms with van der Waals surface area (Å²) in [7, 11) is 3.67. The topological polar surface area (TPSA) is 62.7 Å². The third-order valence-electron chi connectivity index (χ3n) is 2.93. The van der Waals surface area contributed by atoms with Crippen LogP contribution in [0.5, 0.6) is 0 Å². The van der Waals surface area contributed by atoms with Gasteiger partial charge in [-0.3, -0.25) is 9.69 Å². The molecule has 1 rings (SSSR count). The fourth-order valence-corrected chi connectivity index (χ4v) is 1.77. The summed E-state index contributed by atoms with van der Waals surface area (Å²) in [6.45, 7) is 3.53. The Labute approximate surface area is 119 Å². The largest absolute Gasteiger partial charge is 0.469 e. The Morgan fingerprint density at radius 2 is 2.16 bits per heavy atom. The van der Waals surface area contributed by atoms with Crippen molar-refractivity contribution < 1.29 is 9.21 Å². The normalized spacial score (nSPS) is 10.7. The van der Waals surface area contributed by atoms with Gasteiger partial charge in [-0.25, -0.2) is 0 Å². The van der Waals surface area contributed by atoms with Crippen LogP contribution in [0.3, 0.4) is 0 Å². The van der Waals surface area contributed by atoms with E-state index < -0.39 is 0 Å². The summed E-state index contributed by atoms with van der Waals surface area (Å²) in [5.74, 6) is 0.945. The number of carbonyl (C=O) groups is 1. The lowest BCUT2D eigenvalue weighted by molar-refractivity contribution is -0.130. The lowest BCUT2D eigenvalue weighted by Gasteiger charge is -2.21. The predicted octanol–water partition coefficient (Wildman–Crippen LogP) is 1.15. The number of hydrogen-bond acceptors (Lipinski definition) is 4. The molecule has 0 saturated carbocycles. The first-order valence-electron chi connectivity index (χ1n) is 6.14. The highest BCUT2D eigenvalue weighted by atomic mass is 32.1. The van der Waals surface area contributed by atoms with Crippen LogP contribution in [-0.2, 0) is 11.3 Å². The molecular formula is C13H21N3O2S. The summed E-state index contributed by atoms with van der Waals surface area (Å²) in [6.07, 6.45) is 2.22. The first kappa shape index (κ1) is 15.7. The molecule has 106 valence electrons. The van der Waals surface area contributed by atoms with Crippen molar-refractivity contribution >= 4 is 23.1 Å². The van der Waals surface area contributed by atoms with E-state index in [9.17, 15) is 4.79 Å². The van der Waals surface area contributed by atoms with Crippen molar-refractivity contribution in [3.8, 4) is 0 Å². The molecule has 0 fully saturated rings. The number of rotatable bonds is 7. The molecule has 1 aromatic rings. The summed E-state index contributed by atoms with van der Waals surface area (Å²) < 4.78 is 5.23. The zero-order valence-electron chi connectivity index (χ0n) is 11.7. The Bertz CT molecular complexity index is 445. The molecule has 1 amide bonds. The Kier molecular flexibility index (Phi) is 5.98. The van der Waals surface area contributed by atoms with Crippen LogP contribution in [0.25, 0.3) is 0 Å². The van der Waals surface area contributed by atoms with Gasteiger partial charge in [-0.2, -0.15) is 0 Å². The van der Waals surface area contributed by atoms with Crippen LogP contribution >= 0.6 is 12.2 Å². The van der Waals surface area contributed by atoms with E-state index in [2.05, 4.69) is 0 Å². The molecule has 0 radical (unpaired) electrons. The van der Waals surface area contributed by atoms with Crippen molar-refractivity contribution in [2.45, 2.75) is 19.9 Å². The molecule has 0 aromatic carbocycles. The van der Waals surface area contributed by atoms with E-state index >= 15 is 0 Å². The second-order valence-corrected chi connectivity index (χ2v) is 5.23. The maximum atomic E-state index is 12.0. The van der Waals surface area contributed by atoms with Crippen molar-refractivity contribution in [3.63, 3.8) is 0 Å². The highest BCUT2D eigenvalue weighted by Gasteiger charge is 2.13. The number of nitrogens with zero attached hydrogens (tertiary/aromatic N) is 2. The molecule has 0 spiro atoms. The summed E-state index contributed by atoms with van der Waals surface area (Å²) in [6, 6.07) is 1.92. The van der Waals surface area contributed by atoms with E-state index in [4.69, 9.17) is 22.4 Å². The van der Waals surface area contributed by atoms with Crippen molar-refractivity contribution in [1.82, 2.24) is 9.80 Å². The van der Waals surface area contributed by atoms with Crippen LogP contribution < -0.4 is 5.73 Å². The van der Waals surface area contributed by atoms with Gasteiger partial charge in [0.05, 0.1) is 17.8 Å². The number of furan rings is 1. The summed E-state index contributed by atoms with van der Waals surface area (Å²) in [4.78, 5) is 16.0. The van der Waals surface area contributed by atoms with Crippen LogP contribution in [0, 0.1) is 6.92 Å². The first-order chi connectivity index (χ1) is 8.90. The molecule has 0 saturated heterocycles. The molecule has 0 unspecified atom stereocenters. The van der Waals surface area contributed by atoms with Gasteiger partial charge in [0.1, 0.15) is 5.76 Å². The number of amides is 1. The molecule has 0 aliphatic heterocycles. The quantitative estimate of drug-likeness (QED) is 0.761. The molecule has 0 aliphatic carbocycles. The van der Waals surface area contributed by atoms with E-state index in [1.165, 1.54) is 0 Å². The van der Waals surface area contributed by atoms with Gasteiger partial charge in [0.25, 0.3) is 0 Å². The minimum absolute atomic E-state index is 0.0555. The molecule has 5 nitrogen and oxygen atoms in total. The van der Waals surface area contributed by atoms with Gasteiger partial charge >= 0.3 is 0 Å². The molecule has 1 aromatic heterocycles.